The summed E-state index contributed by atoms with van der Waals surface area (Å²) in [5.41, 5.74) is 6.86. The zero-order valence-corrected chi connectivity index (χ0v) is 26.8. The molecule has 2 aliphatic rings. The molecule has 2 fully saturated rings. The molecule has 0 aliphatic carbocycles. The summed E-state index contributed by atoms with van der Waals surface area (Å²) in [7, 11) is 0. The molecule has 9 nitrogen and oxygen atoms in total. The average molecular weight is 638 g/mol. The Kier molecular flexibility index (Phi) is 9.03. The predicted octanol–water partition coefficient (Wildman–Crippen LogP) is 5.09. The molecule has 2 saturated heterocycles. The molecule has 42 heavy (non-hydrogen) atoms. The molecule has 10 heteroatoms. The van der Waals surface area contributed by atoms with Gasteiger partial charge in [0.1, 0.15) is 5.69 Å². The van der Waals surface area contributed by atoms with Crippen LogP contribution in [-0.2, 0) is 20.7 Å². The zero-order valence-electron chi connectivity index (χ0n) is 25.2. The second kappa shape index (κ2) is 12.6. The van der Waals surface area contributed by atoms with Crippen LogP contribution < -0.4 is 5.32 Å². The summed E-state index contributed by atoms with van der Waals surface area (Å²) in [6, 6.07) is 10.1. The minimum absolute atomic E-state index is 0.0441. The number of nitrogens with one attached hydrogen (secondary N) is 1. The normalized spacial score (nSPS) is 18.7. The molecule has 2 aliphatic heterocycles. The lowest BCUT2D eigenvalue weighted by Crippen LogP contribution is -2.54. The van der Waals surface area contributed by atoms with Crippen LogP contribution in [-0.4, -0.2) is 81.5 Å². The first kappa shape index (κ1) is 30.2. The molecule has 1 aromatic heterocycles. The number of carbonyl (C=O) groups excluding carboxylic acids is 2. The number of halogens is 1. The third kappa shape index (κ3) is 6.54. The molecule has 0 radical (unpaired) electrons. The van der Waals surface area contributed by atoms with Crippen molar-refractivity contribution >= 4 is 33.4 Å². The van der Waals surface area contributed by atoms with Crippen LogP contribution in [0.25, 0.3) is 11.3 Å². The number of rotatable bonds is 7. The first-order valence-corrected chi connectivity index (χ1v) is 15.5. The van der Waals surface area contributed by atoms with Gasteiger partial charge in [-0.3, -0.25) is 9.59 Å². The number of carbonyl (C=O) groups is 2. The van der Waals surface area contributed by atoms with Crippen LogP contribution in [0.4, 0.5) is 5.69 Å². The number of hydrogen-bond donors (Lipinski definition) is 1. The highest BCUT2D eigenvalue weighted by Gasteiger charge is 2.38. The molecule has 0 spiro atoms. The van der Waals surface area contributed by atoms with Gasteiger partial charge in [-0.15, -0.1) is 5.10 Å². The van der Waals surface area contributed by atoms with E-state index in [0.717, 1.165) is 50.9 Å². The summed E-state index contributed by atoms with van der Waals surface area (Å²) < 4.78 is 8.32. The smallest absolute Gasteiger partial charge is 0.242 e. The number of amides is 2. The minimum Gasteiger partial charge on any atom is -0.378 e. The molecule has 1 unspecified atom stereocenters. The van der Waals surface area contributed by atoms with Crippen molar-refractivity contribution in [2.45, 2.75) is 65.5 Å². The molecule has 1 atom stereocenters. The standard InChI is InChI=1S/C32H41BrN6O3/c1-21-15-22(2)31(33)23(3)27(21)17-29(40)38-19-26(9-10-32(38,4)5)39-20-28(35-36-39)24-7-6-8-25(16-24)34-18-30(41)37-11-13-42-14-12-37/h6-8,15-16,20,26,34H,9-14,17-19H2,1-5H3. The summed E-state index contributed by atoms with van der Waals surface area (Å²) in [5, 5.41) is 12.2. The Morgan fingerprint density at radius 1 is 1.10 bits per heavy atom. The van der Waals surface area contributed by atoms with E-state index in [4.69, 9.17) is 4.74 Å². The quantitative estimate of drug-likeness (QED) is 0.388. The number of piperidine rings is 1. The van der Waals surface area contributed by atoms with E-state index in [-0.39, 0.29) is 29.9 Å². The summed E-state index contributed by atoms with van der Waals surface area (Å²) in [6.07, 6.45) is 4.14. The van der Waals surface area contributed by atoms with Gasteiger partial charge in [-0.05, 0) is 81.8 Å². The number of nitrogens with zero attached hydrogens (tertiary/aromatic N) is 5. The van der Waals surface area contributed by atoms with Gasteiger partial charge in [0.2, 0.25) is 11.8 Å². The third-order valence-corrected chi connectivity index (χ3v) is 9.95. The molecule has 0 bridgehead atoms. The molecular formula is C32H41BrN6O3. The largest absolute Gasteiger partial charge is 0.378 e. The van der Waals surface area contributed by atoms with E-state index >= 15 is 0 Å². The molecule has 0 saturated carbocycles. The van der Waals surface area contributed by atoms with E-state index in [0.29, 0.717) is 39.3 Å². The monoisotopic (exact) mass is 636 g/mol. The maximum absolute atomic E-state index is 13.8. The van der Waals surface area contributed by atoms with Crippen molar-refractivity contribution in [1.29, 1.82) is 0 Å². The number of morpholine rings is 1. The predicted molar refractivity (Wildman–Crippen MR) is 167 cm³/mol. The minimum atomic E-state index is -0.237. The van der Waals surface area contributed by atoms with Crippen LogP contribution in [0.1, 0.15) is 55.0 Å². The molecular weight excluding hydrogens is 596 g/mol. The molecule has 5 rings (SSSR count). The van der Waals surface area contributed by atoms with Gasteiger partial charge in [0.15, 0.2) is 0 Å². The average Bonchev–Trinajstić information content (AvgIpc) is 3.48. The number of ether oxygens (including phenoxy) is 1. The topological polar surface area (TPSA) is 92.6 Å². The van der Waals surface area contributed by atoms with Crippen LogP contribution in [0, 0.1) is 20.8 Å². The van der Waals surface area contributed by atoms with Gasteiger partial charge < -0.3 is 19.9 Å². The highest BCUT2D eigenvalue weighted by Crippen LogP contribution is 2.35. The van der Waals surface area contributed by atoms with E-state index in [1.165, 1.54) is 5.56 Å². The lowest BCUT2D eigenvalue weighted by atomic mass is 9.87. The van der Waals surface area contributed by atoms with Crippen molar-refractivity contribution < 1.29 is 14.3 Å². The van der Waals surface area contributed by atoms with Gasteiger partial charge in [0.25, 0.3) is 0 Å². The van der Waals surface area contributed by atoms with Crippen LogP contribution in [0.2, 0.25) is 0 Å². The third-order valence-electron chi connectivity index (χ3n) is 8.73. The van der Waals surface area contributed by atoms with Crippen molar-refractivity contribution in [3.8, 4) is 11.3 Å². The lowest BCUT2D eigenvalue weighted by Gasteiger charge is -2.45. The van der Waals surface area contributed by atoms with Gasteiger partial charge in [-0.2, -0.15) is 0 Å². The second-order valence-electron chi connectivity index (χ2n) is 12.1. The van der Waals surface area contributed by atoms with Crippen molar-refractivity contribution in [2.24, 2.45) is 0 Å². The highest BCUT2D eigenvalue weighted by molar-refractivity contribution is 9.10. The molecule has 224 valence electrons. The van der Waals surface area contributed by atoms with Crippen LogP contribution in [0.3, 0.4) is 0 Å². The maximum atomic E-state index is 13.8. The van der Waals surface area contributed by atoms with Gasteiger partial charge in [-0.25, -0.2) is 4.68 Å². The van der Waals surface area contributed by atoms with Crippen molar-refractivity contribution in [2.75, 3.05) is 44.7 Å². The number of aromatic nitrogens is 3. The molecule has 3 aromatic rings. The Balaban J connectivity index is 1.26. The van der Waals surface area contributed by atoms with Gasteiger partial charge >= 0.3 is 0 Å². The SMILES string of the molecule is Cc1cc(C)c(CC(=O)N2CC(n3cc(-c4cccc(NCC(=O)N5CCOCC5)c4)nn3)CCC2(C)C)c(C)c1Br. The Labute approximate surface area is 256 Å². The van der Waals surface area contributed by atoms with Crippen LogP contribution >= 0.6 is 15.9 Å². The summed E-state index contributed by atoms with van der Waals surface area (Å²) in [5.74, 6) is 0.201. The highest BCUT2D eigenvalue weighted by atomic mass is 79.9. The first-order chi connectivity index (χ1) is 20.0. The first-order valence-electron chi connectivity index (χ1n) is 14.7. The van der Waals surface area contributed by atoms with E-state index in [9.17, 15) is 9.59 Å². The number of likely N-dealkylation sites (tertiary alicyclic amines) is 1. The van der Waals surface area contributed by atoms with Gasteiger partial charge in [-0.1, -0.05) is 39.3 Å². The summed E-state index contributed by atoms with van der Waals surface area (Å²) in [6.45, 7) is 13.8. The lowest BCUT2D eigenvalue weighted by molar-refractivity contribution is -0.139. The Morgan fingerprint density at radius 3 is 2.62 bits per heavy atom. The van der Waals surface area contributed by atoms with Crippen LogP contribution in [0.5, 0.6) is 0 Å². The zero-order chi connectivity index (χ0) is 30.0. The number of aryl methyl sites for hydroxylation is 2. The van der Waals surface area contributed by atoms with E-state index < -0.39 is 0 Å². The maximum Gasteiger partial charge on any atom is 0.242 e. The molecule has 2 aromatic carbocycles. The molecule has 1 N–H and O–H groups in total. The van der Waals surface area contributed by atoms with Crippen LogP contribution in [0.15, 0.2) is 41.0 Å². The van der Waals surface area contributed by atoms with Crippen molar-refractivity contribution in [1.82, 2.24) is 24.8 Å². The molecule has 2 amide bonds. The number of anilines is 1. The van der Waals surface area contributed by atoms with E-state index in [2.05, 4.69) is 72.2 Å². The fourth-order valence-electron chi connectivity index (χ4n) is 6.06. The fourth-order valence-corrected chi connectivity index (χ4v) is 6.41. The Hall–Kier alpha value is -3.24. The Bertz CT molecular complexity index is 1460. The molecule has 3 heterocycles. The second-order valence-corrected chi connectivity index (χ2v) is 12.9. The Morgan fingerprint density at radius 2 is 1.86 bits per heavy atom. The van der Waals surface area contributed by atoms with Gasteiger partial charge in [0.05, 0.1) is 38.4 Å². The summed E-state index contributed by atoms with van der Waals surface area (Å²) in [4.78, 5) is 30.2. The number of hydrogen-bond acceptors (Lipinski definition) is 6. The van der Waals surface area contributed by atoms with E-state index in [1.54, 1.807) is 0 Å². The number of benzene rings is 2. The van der Waals surface area contributed by atoms with Gasteiger partial charge in [0, 0.05) is 40.9 Å². The van der Waals surface area contributed by atoms with Crippen molar-refractivity contribution in [3.05, 3.63) is 63.3 Å². The fraction of sp³-hybridized carbons (Fsp3) is 0.500. The van der Waals surface area contributed by atoms with E-state index in [1.807, 2.05) is 44.9 Å². The van der Waals surface area contributed by atoms with Crippen molar-refractivity contribution in [3.63, 3.8) is 0 Å². The summed E-state index contributed by atoms with van der Waals surface area (Å²) >= 11 is 3.70.